The van der Waals surface area contributed by atoms with Gasteiger partial charge in [0.05, 0.1) is 6.04 Å². The van der Waals surface area contributed by atoms with Gasteiger partial charge in [0.2, 0.25) is 23.6 Å². The van der Waals surface area contributed by atoms with E-state index in [2.05, 4.69) is 28.6 Å². The van der Waals surface area contributed by atoms with E-state index in [1.165, 1.54) is 0 Å². The van der Waals surface area contributed by atoms with Crippen molar-refractivity contribution in [2.24, 2.45) is 23.1 Å². The molecule has 0 aliphatic heterocycles. The van der Waals surface area contributed by atoms with Crippen LogP contribution >= 0.6 is 12.6 Å². The number of unbranched alkanes of at least 4 members (excludes halogenated alkanes) is 1. The van der Waals surface area contributed by atoms with Crippen LogP contribution in [0.15, 0.2) is 0 Å². The fourth-order valence-corrected chi connectivity index (χ4v) is 3.13. The van der Waals surface area contributed by atoms with Gasteiger partial charge in [-0.15, -0.1) is 0 Å². The van der Waals surface area contributed by atoms with E-state index in [1.807, 2.05) is 0 Å². The Morgan fingerprint density at radius 1 is 0.939 bits per heavy atom. The Kier molecular flexibility index (Phi) is 15.1. The van der Waals surface area contributed by atoms with E-state index in [1.54, 1.807) is 13.8 Å². The summed E-state index contributed by atoms with van der Waals surface area (Å²) in [5.41, 5.74) is 16.3. The molecule has 0 aliphatic carbocycles. The topological polar surface area (TPSA) is 220 Å². The zero-order chi connectivity index (χ0) is 25.6. The Morgan fingerprint density at radius 2 is 1.52 bits per heavy atom. The number of carbonyl (C=O) groups excluding carboxylic acids is 4. The van der Waals surface area contributed by atoms with Gasteiger partial charge < -0.3 is 38.3 Å². The average molecular weight is 491 g/mol. The van der Waals surface area contributed by atoms with E-state index in [0.717, 1.165) is 0 Å². The van der Waals surface area contributed by atoms with Crippen LogP contribution in [0.1, 0.15) is 52.4 Å². The van der Waals surface area contributed by atoms with Gasteiger partial charge in [-0.1, -0.05) is 20.3 Å². The van der Waals surface area contributed by atoms with Gasteiger partial charge in [0.15, 0.2) is 0 Å². The van der Waals surface area contributed by atoms with Gasteiger partial charge in [-0.05, 0) is 38.1 Å². The first-order valence-electron chi connectivity index (χ1n) is 11.0. The molecule has 5 atom stereocenters. The minimum absolute atomic E-state index is 0.0123. The van der Waals surface area contributed by atoms with Gasteiger partial charge in [-0.3, -0.25) is 19.2 Å². The fraction of sp³-hybridized carbons (Fsp3) is 0.750. The second kappa shape index (κ2) is 16.3. The summed E-state index contributed by atoms with van der Waals surface area (Å²) < 4.78 is 0. The predicted molar refractivity (Wildman–Crippen MR) is 126 cm³/mol. The van der Waals surface area contributed by atoms with Crippen LogP contribution in [-0.2, 0) is 24.0 Å². The summed E-state index contributed by atoms with van der Waals surface area (Å²) in [4.78, 5) is 60.2. The molecule has 5 unspecified atom stereocenters. The molecular weight excluding hydrogens is 452 g/mol. The standard InChI is InChI=1S/C20H38N6O6S/c1-3-11(2)16(20(31)32)26-18(29)13(6-4-5-9-21)24-19(30)14(10-33)25-17(28)12(22)7-8-15(23)27/h11-14,16,33H,3-10,21-22H2,1-2H3,(H2,23,27)(H,24,30)(H,25,28)(H,26,29)(H,31,32). The summed E-state index contributed by atoms with van der Waals surface area (Å²) >= 11 is 4.08. The molecule has 0 saturated heterocycles. The van der Waals surface area contributed by atoms with Crippen LogP contribution in [0, 0.1) is 5.92 Å². The zero-order valence-electron chi connectivity index (χ0n) is 19.2. The largest absolute Gasteiger partial charge is 0.480 e. The van der Waals surface area contributed by atoms with Crippen LogP contribution in [0.25, 0.3) is 0 Å². The monoisotopic (exact) mass is 490 g/mol. The van der Waals surface area contributed by atoms with Crippen molar-refractivity contribution in [3.63, 3.8) is 0 Å². The van der Waals surface area contributed by atoms with Crippen molar-refractivity contribution in [2.75, 3.05) is 12.3 Å². The maximum atomic E-state index is 12.8. The molecule has 0 heterocycles. The van der Waals surface area contributed by atoms with Crippen molar-refractivity contribution in [3.05, 3.63) is 0 Å². The third-order valence-electron chi connectivity index (χ3n) is 5.21. The van der Waals surface area contributed by atoms with E-state index in [9.17, 15) is 29.1 Å². The molecule has 0 aliphatic rings. The lowest BCUT2D eigenvalue weighted by Crippen LogP contribution is -2.58. The first-order chi connectivity index (χ1) is 15.5. The van der Waals surface area contributed by atoms with E-state index in [-0.39, 0.29) is 30.9 Å². The minimum Gasteiger partial charge on any atom is -0.480 e. The maximum Gasteiger partial charge on any atom is 0.326 e. The van der Waals surface area contributed by atoms with E-state index in [4.69, 9.17) is 17.2 Å². The smallest absolute Gasteiger partial charge is 0.326 e. The van der Waals surface area contributed by atoms with E-state index >= 15 is 0 Å². The first-order valence-corrected chi connectivity index (χ1v) is 11.6. The lowest BCUT2D eigenvalue weighted by molar-refractivity contribution is -0.144. The number of primary amides is 1. The van der Waals surface area contributed by atoms with Crippen molar-refractivity contribution in [1.29, 1.82) is 0 Å². The Bertz CT molecular complexity index is 679. The van der Waals surface area contributed by atoms with Crippen molar-refractivity contribution < 1.29 is 29.1 Å². The third-order valence-corrected chi connectivity index (χ3v) is 5.58. The van der Waals surface area contributed by atoms with Crippen LogP contribution in [0.3, 0.4) is 0 Å². The number of nitrogens with two attached hydrogens (primary N) is 3. The molecule has 0 aromatic carbocycles. The number of carboxylic acids is 1. The molecule has 0 fully saturated rings. The van der Waals surface area contributed by atoms with Crippen LogP contribution in [0.5, 0.6) is 0 Å². The van der Waals surface area contributed by atoms with Crippen molar-refractivity contribution in [3.8, 4) is 0 Å². The summed E-state index contributed by atoms with van der Waals surface area (Å²) in [7, 11) is 0. The normalized spacial score (nSPS) is 15.4. The number of rotatable bonds is 17. The van der Waals surface area contributed by atoms with Gasteiger partial charge in [-0.25, -0.2) is 4.79 Å². The van der Waals surface area contributed by atoms with Crippen LogP contribution < -0.4 is 33.2 Å². The molecule has 0 aromatic rings. The Labute approximate surface area is 199 Å². The Balaban J connectivity index is 5.28. The number of thiol groups is 1. The number of aliphatic carboxylic acids is 1. The highest BCUT2D eigenvalue weighted by Gasteiger charge is 2.31. The second-order valence-electron chi connectivity index (χ2n) is 7.91. The Morgan fingerprint density at radius 3 is 2.00 bits per heavy atom. The molecule has 0 rings (SSSR count). The fourth-order valence-electron chi connectivity index (χ4n) is 2.87. The lowest BCUT2D eigenvalue weighted by atomic mass is 9.98. The molecule has 4 amide bonds. The first kappa shape index (κ1) is 30.6. The number of amides is 4. The van der Waals surface area contributed by atoms with E-state index in [0.29, 0.717) is 25.8 Å². The van der Waals surface area contributed by atoms with Gasteiger partial charge >= 0.3 is 5.97 Å². The number of hydrogen-bond acceptors (Lipinski definition) is 8. The number of nitrogens with one attached hydrogen (secondary N) is 3. The SMILES string of the molecule is CCC(C)C(NC(=O)C(CCCCN)NC(=O)C(CS)NC(=O)C(N)CCC(N)=O)C(=O)O. The quantitative estimate of drug-likeness (QED) is 0.0858. The van der Waals surface area contributed by atoms with Crippen molar-refractivity contribution >= 4 is 42.2 Å². The van der Waals surface area contributed by atoms with Gasteiger partial charge in [0.1, 0.15) is 18.1 Å². The number of hydrogen-bond donors (Lipinski definition) is 8. The molecule has 0 radical (unpaired) electrons. The zero-order valence-corrected chi connectivity index (χ0v) is 20.1. The molecular formula is C20H38N6O6S. The summed E-state index contributed by atoms with van der Waals surface area (Å²) in [6, 6.07) is -4.30. The molecule has 12 nitrogen and oxygen atoms in total. The molecule has 190 valence electrons. The summed E-state index contributed by atoms with van der Waals surface area (Å²) in [6.45, 7) is 3.90. The third kappa shape index (κ3) is 11.9. The highest BCUT2D eigenvalue weighted by atomic mass is 32.1. The van der Waals surface area contributed by atoms with Crippen LogP contribution in [0.2, 0.25) is 0 Å². The van der Waals surface area contributed by atoms with Gasteiger partial charge in [0.25, 0.3) is 0 Å². The number of carbonyl (C=O) groups is 5. The minimum atomic E-state index is -1.17. The maximum absolute atomic E-state index is 12.8. The van der Waals surface area contributed by atoms with Gasteiger partial charge in [-0.2, -0.15) is 12.6 Å². The molecule has 33 heavy (non-hydrogen) atoms. The van der Waals surface area contributed by atoms with Gasteiger partial charge in [0, 0.05) is 12.2 Å². The van der Waals surface area contributed by atoms with Crippen molar-refractivity contribution in [2.45, 2.75) is 76.5 Å². The molecule has 0 spiro atoms. The Hall–Kier alpha value is -2.38. The molecule has 0 saturated carbocycles. The summed E-state index contributed by atoms with van der Waals surface area (Å²) in [5, 5.41) is 16.9. The summed E-state index contributed by atoms with van der Waals surface area (Å²) in [6.07, 6.45) is 1.81. The number of carboxylic acid groups (broad SMARTS) is 1. The highest BCUT2D eigenvalue weighted by Crippen LogP contribution is 2.10. The van der Waals surface area contributed by atoms with Crippen LogP contribution in [-0.4, -0.2) is 71.2 Å². The second-order valence-corrected chi connectivity index (χ2v) is 8.28. The molecule has 13 heteroatoms. The molecule has 0 bridgehead atoms. The molecule has 10 N–H and O–H groups in total. The highest BCUT2D eigenvalue weighted by molar-refractivity contribution is 7.80. The molecule has 0 aromatic heterocycles. The van der Waals surface area contributed by atoms with Crippen LogP contribution in [0.4, 0.5) is 0 Å². The predicted octanol–water partition coefficient (Wildman–Crippen LogP) is -1.78. The average Bonchev–Trinajstić information content (AvgIpc) is 2.77. The lowest BCUT2D eigenvalue weighted by Gasteiger charge is -2.26. The summed E-state index contributed by atoms with van der Waals surface area (Å²) in [5.74, 6) is -4.17. The van der Waals surface area contributed by atoms with Crippen molar-refractivity contribution in [1.82, 2.24) is 16.0 Å². The van der Waals surface area contributed by atoms with E-state index < -0.39 is 53.8 Å².